The Balaban J connectivity index is 1.92. The fourth-order valence-electron chi connectivity index (χ4n) is 3.08. The summed E-state index contributed by atoms with van der Waals surface area (Å²) < 4.78 is 40.5. The Hall–Kier alpha value is -0.400. The maximum atomic E-state index is 13.7. The molecule has 0 saturated carbocycles. The summed E-state index contributed by atoms with van der Waals surface area (Å²) in [5.41, 5.74) is 0. The topological polar surface area (TPSA) is 49.4 Å². The Morgan fingerprint density at radius 1 is 1.29 bits per heavy atom. The highest BCUT2D eigenvalue weighted by molar-refractivity contribution is 7.89. The van der Waals surface area contributed by atoms with E-state index in [0.29, 0.717) is 25.0 Å². The molecule has 0 aliphatic carbocycles. The van der Waals surface area contributed by atoms with Crippen molar-refractivity contribution in [3.05, 3.63) is 28.0 Å². The lowest BCUT2D eigenvalue weighted by Gasteiger charge is -2.34. The van der Waals surface area contributed by atoms with Crippen molar-refractivity contribution in [1.82, 2.24) is 9.62 Å². The van der Waals surface area contributed by atoms with Crippen LogP contribution in [0.1, 0.15) is 12.8 Å². The molecule has 0 aromatic heterocycles. The number of hydrogen-bond acceptors (Lipinski definition) is 3. The molecule has 2 saturated heterocycles. The van der Waals surface area contributed by atoms with Gasteiger partial charge in [-0.15, -0.1) is 0 Å². The number of benzene rings is 1. The molecule has 3 rings (SSSR count). The third kappa shape index (κ3) is 2.68. The van der Waals surface area contributed by atoms with Crippen LogP contribution in [0.4, 0.5) is 4.39 Å². The molecule has 0 spiro atoms. The first-order valence-electron chi connectivity index (χ1n) is 6.78. The van der Waals surface area contributed by atoms with Crippen LogP contribution in [0.5, 0.6) is 0 Å². The van der Waals surface area contributed by atoms with E-state index in [9.17, 15) is 12.8 Å². The lowest BCUT2D eigenvalue weighted by Crippen LogP contribution is -2.46. The molecule has 2 atom stereocenters. The summed E-state index contributed by atoms with van der Waals surface area (Å²) >= 11 is 11.5. The highest BCUT2D eigenvalue weighted by atomic mass is 35.5. The van der Waals surface area contributed by atoms with Gasteiger partial charge in [0.25, 0.3) is 0 Å². The zero-order valence-corrected chi connectivity index (χ0v) is 13.5. The molecular formula is C13H15Cl2FN2O2S. The van der Waals surface area contributed by atoms with Gasteiger partial charge in [0.05, 0.1) is 10.0 Å². The van der Waals surface area contributed by atoms with Crippen LogP contribution in [-0.2, 0) is 10.0 Å². The minimum absolute atomic E-state index is 0.183. The van der Waals surface area contributed by atoms with Crippen LogP contribution in [0.3, 0.4) is 0 Å². The normalized spacial score (nSPS) is 26.8. The van der Waals surface area contributed by atoms with E-state index < -0.39 is 20.9 Å². The molecule has 116 valence electrons. The lowest BCUT2D eigenvalue weighted by molar-refractivity contribution is 0.247. The van der Waals surface area contributed by atoms with Crippen molar-refractivity contribution in [3.8, 4) is 0 Å². The van der Waals surface area contributed by atoms with Gasteiger partial charge in [-0.2, -0.15) is 4.31 Å². The molecule has 1 N–H and O–H groups in total. The Morgan fingerprint density at radius 2 is 2.05 bits per heavy atom. The third-order valence-corrected chi connectivity index (χ3v) is 6.92. The molecule has 1 aromatic carbocycles. The van der Waals surface area contributed by atoms with Gasteiger partial charge >= 0.3 is 0 Å². The maximum Gasteiger partial charge on any atom is 0.244 e. The summed E-state index contributed by atoms with van der Waals surface area (Å²) in [5.74, 6) is -0.582. The zero-order chi connectivity index (χ0) is 15.2. The molecule has 2 fully saturated rings. The van der Waals surface area contributed by atoms with Crippen LogP contribution >= 0.6 is 23.2 Å². The first kappa shape index (κ1) is 15.5. The Bertz CT molecular complexity index is 668. The first-order chi connectivity index (χ1) is 9.91. The molecule has 2 aliphatic heterocycles. The molecule has 4 nitrogen and oxygen atoms in total. The average molecular weight is 353 g/mol. The van der Waals surface area contributed by atoms with E-state index in [-0.39, 0.29) is 9.92 Å². The van der Waals surface area contributed by atoms with E-state index in [4.69, 9.17) is 23.2 Å². The molecule has 1 aromatic rings. The molecular weight excluding hydrogens is 338 g/mol. The van der Waals surface area contributed by atoms with Crippen molar-refractivity contribution in [2.75, 3.05) is 19.6 Å². The number of sulfonamides is 1. The van der Waals surface area contributed by atoms with E-state index in [1.54, 1.807) is 0 Å². The molecule has 2 unspecified atom stereocenters. The van der Waals surface area contributed by atoms with Crippen LogP contribution in [0, 0.1) is 11.7 Å². The monoisotopic (exact) mass is 352 g/mol. The van der Waals surface area contributed by atoms with Crippen molar-refractivity contribution >= 4 is 33.2 Å². The average Bonchev–Trinajstić information content (AvgIpc) is 2.92. The van der Waals surface area contributed by atoms with Gasteiger partial charge in [0.2, 0.25) is 10.0 Å². The molecule has 0 radical (unpaired) electrons. The third-order valence-electron chi connectivity index (χ3n) is 4.24. The molecule has 8 heteroatoms. The quantitative estimate of drug-likeness (QED) is 0.832. The number of piperidine rings is 1. The lowest BCUT2D eigenvalue weighted by atomic mass is 9.95. The van der Waals surface area contributed by atoms with Crippen molar-refractivity contribution in [2.45, 2.75) is 23.8 Å². The fourth-order valence-corrected chi connectivity index (χ4v) is 5.31. The van der Waals surface area contributed by atoms with Gasteiger partial charge in [-0.3, -0.25) is 0 Å². The summed E-state index contributed by atoms with van der Waals surface area (Å²) in [4.78, 5) is -0.213. The zero-order valence-electron chi connectivity index (χ0n) is 11.2. The second kappa shape index (κ2) is 5.66. The number of fused-ring (bicyclic) bond motifs is 1. The van der Waals surface area contributed by atoms with E-state index >= 15 is 0 Å². The molecule has 21 heavy (non-hydrogen) atoms. The number of nitrogens with one attached hydrogen (secondary N) is 1. The molecule has 2 heterocycles. The number of hydrogen-bond donors (Lipinski definition) is 1. The van der Waals surface area contributed by atoms with E-state index in [0.717, 1.165) is 19.4 Å². The second-order valence-electron chi connectivity index (χ2n) is 5.43. The summed E-state index contributed by atoms with van der Waals surface area (Å²) in [6, 6.07) is 2.87. The highest BCUT2D eigenvalue weighted by Gasteiger charge is 2.38. The smallest absolute Gasteiger partial charge is 0.244 e. The van der Waals surface area contributed by atoms with Crippen molar-refractivity contribution < 1.29 is 12.8 Å². The summed E-state index contributed by atoms with van der Waals surface area (Å²) in [5, 5.41) is 2.75. The summed E-state index contributed by atoms with van der Waals surface area (Å²) in [7, 11) is -3.80. The van der Waals surface area contributed by atoms with Crippen LogP contribution in [0.2, 0.25) is 10.0 Å². The van der Waals surface area contributed by atoms with Crippen molar-refractivity contribution in [3.63, 3.8) is 0 Å². The minimum Gasteiger partial charge on any atom is -0.314 e. The largest absolute Gasteiger partial charge is 0.314 e. The standard InChI is InChI=1S/C13H15Cl2FN2O2S/c14-9-1-2-11(12(15)13(9)16)21(19,20)18-6-4-10-8(7-18)3-5-17-10/h1-2,8,10,17H,3-7H2. The summed E-state index contributed by atoms with van der Waals surface area (Å²) in [6.45, 7) is 1.77. The highest BCUT2D eigenvalue weighted by Crippen LogP contribution is 2.34. The Labute approximate surface area is 133 Å². The van der Waals surface area contributed by atoms with E-state index in [1.807, 2.05) is 0 Å². The number of nitrogens with zero attached hydrogens (tertiary/aromatic N) is 1. The van der Waals surface area contributed by atoms with Crippen LogP contribution < -0.4 is 5.32 Å². The van der Waals surface area contributed by atoms with Crippen molar-refractivity contribution in [1.29, 1.82) is 0 Å². The van der Waals surface area contributed by atoms with Gasteiger partial charge in [-0.1, -0.05) is 23.2 Å². The SMILES string of the molecule is O=S(=O)(c1ccc(Cl)c(F)c1Cl)N1CCC2NCCC2C1. The van der Waals surface area contributed by atoms with Gasteiger partial charge in [-0.05, 0) is 37.4 Å². The van der Waals surface area contributed by atoms with Gasteiger partial charge in [-0.25, -0.2) is 12.8 Å². The van der Waals surface area contributed by atoms with Gasteiger partial charge in [0.15, 0.2) is 5.82 Å². The Morgan fingerprint density at radius 3 is 2.81 bits per heavy atom. The predicted octanol–water partition coefficient (Wildman–Crippen LogP) is 2.51. The van der Waals surface area contributed by atoms with Crippen LogP contribution in [0.25, 0.3) is 0 Å². The molecule has 0 bridgehead atoms. The molecule has 2 aliphatic rings. The fraction of sp³-hybridized carbons (Fsp3) is 0.538. The first-order valence-corrected chi connectivity index (χ1v) is 8.98. The number of halogens is 3. The second-order valence-corrected chi connectivity index (χ2v) is 8.13. The molecule has 0 amide bonds. The van der Waals surface area contributed by atoms with Gasteiger partial charge < -0.3 is 5.32 Å². The van der Waals surface area contributed by atoms with E-state index in [2.05, 4.69) is 5.32 Å². The Kier molecular flexibility index (Phi) is 4.18. The van der Waals surface area contributed by atoms with Gasteiger partial charge in [0, 0.05) is 19.1 Å². The maximum absolute atomic E-state index is 13.7. The van der Waals surface area contributed by atoms with Crippen LogP contribution in [-0.4, -0.2) is 38.4 Å². The minimum atomic E-state index is -3.80. The summed E-state index contributed by atoms with van der Waals surface area (Å²) in [6.07, 6.45) is 1.72. The van der Waals surface area contributed by atoms with E-state index in [1.165, 1.54) is 16.4 Å². The van der Waals surface area contributed by atoms with Gasteiger partial charge in [0.1, 0.15) is 4.90 Å². The predicted molar refractivity (Wildman–Crippen MR) is 79.7 cm³/mol. The number of rotatable bonds is 2. The van der Waals surface area contributed by atoms with Crippen molar-refractivity contribution in [2.24, 2.45) is 5.92 Å². The van der Waals surface area contributed by atoms with Crippen LogP contribution in [0.15, 0.2) is 17.0 Å².